The number of aromatic amines is 1. The lowest BCUT2D eigenvalue weighted by Crippen LogP contribution is -2.38. The lowest BCUT2D eigenvalue weighted by molar-refractivity contribution is -0.111. The van der Waals surface area contributed by atoms with Gasteiger partial charge in [0, 0.05) is 54.9 Å². The van der Waals surface area contributed by atoms with Gasteiger partial charge in [-0.05, 0) is 42.0 Å². The van der Waals surface area contributed by atoms with Crippen molar-refractivity contribution in [2.24, 2.45) is 5.10 Å². The number of H-pyrrole nitrogens is 1. The summed E-state index contributed by atoms with van der Waals surface area (Å²) < 4.78 is 5.48. The Balaban J connectivity index is 1.44. The number of para-hydroxylation sites is 1. The molecule has 3 heterocycles. The van der Waals surface area contributed by atoms with Crippen LogP contribution in [-0.2, 0) is 16.1 Å². The molecule has 38 heavy (non-hydrogen) atoms. The van der Waals surface area contributed by atoms with E-state index in [1.54, 1.807) is 19.1 Å². The zero-order chi connectivity index (χ0) is 26.2. The van der Waals surface area contributed by atoms with Crippen molar-refractivity contribution in [2.75, 3.05) is 36.2 Å². The number of morpholine rings is 1. The molecule has 7 nitrogen and oxygen atoms in total. The highest BCUT2D eigenvalue weighted by molar-refractivity contribution is 6.44. The number of hydrogen-bond acceptors (Lipinski definition) is 6. The van der Waals surface area contributed by atoms with Crippen LogP contribution in [-0.4, -0.2) is 47.8 Å². The normalized spacial score (nSPS) is 18.3. The molecule has 1 fully saturated rings. The van der Waals surface area contributed by atoms with Crippen LogP contribution in [0.1, 0.15) is 24.2 Å². The van der Waals surface area contributed by atoms with Crippen molar-refractivity contribution in [3.8, 4) is 0 Å². The largest absolute Gasteiger partial charge is 0.379 e. The van der Waals surface area contributed by atoms with Crippen LogP contribution in [0.4, 0.5) is 11.4 Å². The molecule has 6 rings (SSSR count). The molecule has 1 N–H and O–H groups in total. The van der Waals surface area contributed by atoms with E-state index in [2.05, 4.69) is 40.2 Å². The maximum atomic E-state index is 13.0. The summed E-state index contributed by atoms with van der Waals surface area (Å²) in [5.74, 6) is 0.224. The van der Waals surface area contributed by atoms with Crippen LogP contribution in [0.15, 0.2) is 78.0 Å². The number of ketones is 1. The third-order valence-corrected chi connectivity index (χ3v) is 7.75. The first-order valence-corrected chi connectivity index (χ1v) is 13.3. The minimum atomic E-state index is -0.424. The van der Waals surface area contributed by atoms with E-state index in [-0.39, 0.29) is 5.78 Å². The molecule has 0 amide bonds. The monoisotopic (exact) mass is 547 g/mol. The van der Waals surface area contributed by atoms with E-state index in [0.29, 0.717) is 15.9 Å². The van der Waals surface area contributed by atoms with Crippen LogP contribution >= 0.6 is 23.2 Å². The van der Waals surface area contributed by atoms with Crippen molar-refractivity contribution in [2.45, 2.75) is 19.6 Å². The summed E-state index contributed by atoms with van der Waals surface area (Å²) in [4.78, 5) is 20.7. The minimum absolute atomic E-state index is 0.130. The zero-order valence-electron chi connectivity index (χ0n) is 20.9. The fourth-order valence-electron chi connectivity index (χ4n) is 5.12. The predicted octanol–water partition coefficient (Wildman–Crippen LogP) is 6.23. The number of amidine groups is 1. The SMILES string of the molecule is CC(=O)C1=NN(c2ccc(Cl)c(Cl)c2)C(c2c[nH]c3ccccc23)N1c1ccc(CN2CCOCC2)cc1. The first-order valence-electron chi connectivity index (χ1n) is 12.6. The Hall–Kier alpha value is -3.36. The summed E-state index contributed by atoms with van der Waals surface area (Å²) in [6, 6.07) is 21.9. The van der Waals surface area contributed by atoms with E-state index in [1.165, 1.54) is 5.56 Å². The van der Waals surface area contributed by atoms with Crippen LogP contribution in [0.5, 0.6) is 0 Å². The molecule has 1 atom stereocenters. The topological polar surface area (TPSA) is 64.2 Å². The van der Waals surface area contributed by atoms with E-state index in [9.17, 15) is 4.79 Å². The molecule has 4 aromatic rings. The lowest BCUT2D eigenvalue weighted by Gasteiger charge is -2.32. The van der Waals surface area contributed by atoms with E-state index < -0.39 is 6.17 Å². The average molecular weight is 548 g/mol. The van der Waals surface area contributed by atoms with Gasteiger partial charge in [0.15, 0.2) is 17.8 Å². The number of ether oxygens (including phenoxy) is 1. The van der Waals surface area contributed by atoms with Crippen molar-refractivity contribution in [1.29, 1.82) is 0 Å². The third-order valence-electron chi connectivity index (χ3n) is 7.01. The lowest BCUT2D eigenvalue weighted by atomic mass is 10.1. The van der Waals surface area contributed by atoms with Crippen LogP contribution in [0, 0.1) is 0 Å². The number of nitrogens with one attached hydrogen (secondary N) is 1. The highest BCUT2D eigenvalue weighted by atomic mass is 35.5. The number of rotatable bonds is 6. The number of hydrazone groups is 1. The molecule has 0 spiro atoms. The van der Waals surface area contributed by atoms with E-state index in [0.717, 1.165) is 60.7 Å². The summed E-state index contributed by atoms with van der Waals surface area (Å²) in [6.07, 6.45) is 1.56. The molecule has 0 aliphatic carbocycles. The second-order valence-electron chi connectivity index (χ2n) is 9.51. The van der Waals surface area contributed by atoms with Gasteiger partial charge >= 0.3 is 0 Å². The minimum Gasteiger partial charge on any atom is -0.379 e. The second-order valence-corrected chi connectivity index (χ2v) is 10.3. The summed E-state index contributed by atoms with van der Waals surface area (Å²) >= 11 is 12.6. The van der Waals surface area contributed by atoms with Gasteiger partial charge in [0.05, 0.1) is 28.9 Å². The molecule has 1 unspecified atom stereocenters. The third kappa shape index (κ3) is 4.67. The fourth-order valence-corrected chi connectivity index (χ4v) is 5.41. The first-order chi connectivity index (χ1) is 18.5. The van der Waals surface area contributed by atoms with Crippen LogP contribution in [0.3, 0.4) is 0 Å². The number of carbonyl (C=O) groups is 1. The molecule has 9 heteroatoms. The maximum Gasteiger partial charge on any atom is 0.198 e. The molecule has 2 aliphatic heterocycles. The van der Waals surface area contributed by atoms with E-state index >= 15 is 0 Å². The maximum absolute atomic E-state index is 13.0. The molecule has 0 saturated carbocycles. The number of hydrogen-bond donors (Lipinski definition) is 1. The van der Waals surface area contributed by atoms with Crippen molar-refractivity contribution >= 4 is 57.1 Å². The van der Waals surface area contributed by atoms with Gasteiger partial charge in [0.1, 0.15) is 0 Å². The van der Waals surface area contributed by atoms with Gasteiger partial charge in [0.25, 0.3) is 0 Å². The van der Waals surface area contributed by atoms with Crippen LogP contribution in [0.2, 0.25) is 10.0 Å². The number of aromatic nitrogens is 1. The number of nitrogens with zero attached hydrogens (tertiary/aromatic N) is 4. The molecule has 0 bridgehead atoms. The molecule has 194 valence electrons. The van der Waals surface area contributed by atoms with Crippen molar-refractivity contribution in [1.82, 2.24) is 9.88 Å². The van der Waals surface area contributed by atoms with Gasteiger partial charge in [-0.2, -0.15) is 0 Å². The van der Waals surface area contributed by atoms with E-state index in [1.807, 2.05) is 40.4 Å². The number of fused-ring (bicyclic) bond motifs is 1. The van der Waals surface area contributed by atoms with Gasteiger partial charge in [-0.1, -0.05) is 53.5 Å². The number of benzene rings is 3. The number of anilines is 2. The summed E-state index contributed by atoms with van der Waals surface area (Å²) in [5, 5.41) is 8.61. The molecule has 1 aromatic heterocycles. The Labute approximate surface area is 231 Å². The Morgan fingerprint density at radius 2 is 1.74 bits per heavy atom. The van der Waals surface area contributed by atoms with Gasteiger partial charge in [0.2, 0.25) is 0 Å². The van der Waals surface area contributed by atoms with Crippen molar-refractivity contribution in [3.63, 3.8) is 0 Å². The smallest absolute Gasteiger partial charge is 0.198 e. The zero-order valence-corrected chi connectivity index (χ0v) is 22.4. The standard InChI is InChI=1S/C29H27Cl2N5O2/c1-19(37)28-33-36(22-10-11-25(30)26(31)16-22)29(24-17-32-27-5-3-2-4-23(24)27)35(28)21-8-6-20(7-9-21)18-34-12-14-38-15-13-34/h2-11,16-17,29,32H,12-15,18H2,1H3. The molecule has 2 aliphatic rings. The Kier molecular flexibility index (Phi) is 6.84. The summed E-state index contributed by atoms with van der Waals surface area (Å²) in [6.45, 7) is 5.79. The van der Waals surface area contributed by atoms with Crippen molar-refractivity contribution in [3.05, 3.63) is 94.1 Å². The second kappa shape index (κ2) is 10.4. The van der Waals surface area contributed by atoms with Crippen molar-refractivity contribution < 1.29 is 9.53 Å². The Morgan fingerprint density at radius 1 is 1.00 bits per heavy atom. The predicted molar refractivity (Wildman–Crippen MR) is 153 cm³/mol. The quantitative estimate of drug-likeness (QED) is 0.309. The first kappa shape index (κ1) is 24.9. The highest BCUT2D eigenvalue weighted by Crippen LogP contribution is 2.42. The van der Waals surface area contributed by atoms with Gasteiger partial charge < -0.3 is 9.72 Å². The highest BCUT2D eigenvalue weighted by Gasteiger charge is 2.40. The molecule has 1 saturated heterocycles. The van der Waals surface area contributed by atoms with Crippen LogP contribution < -0.4 is 9.91 Å². The molecule has 0 radical (unpaired) electrons. The Bertz CT molecular complexity index is 1510. The van der Waals surface area contributed by atoms with Gasteiger partial charge in [-0.25, -0.2) is 5.01 Å². The average Bonchev–Trinajstić information content (AvgIpc) is 3.53. The molecular formula is C29H27Cl2N5O2. The van der Waals surface area contributed by atoms with Crippen LogP contribution in [0.25, 0.3) is 10.9 Å². The summed E-state index contributed by atoms with van der Waals surface area (Å²) in [5.41, 5.74) is 4.82. The fraction of sp³-hybridized carbons (Fsp3) is 0.241. The molecule has 3 aromatic carbocycles. The Morgan fingerprint density at radius 3 is 2.47 bits per heavy atom. The summed E-state index contributed by atoms with van der Waals surface area (Å²) in [7, 11) is 0. The van der Waals surface area contributed by atoms with E-state index in [4.69, 9.17) is 33.0 Å². The molecular weight excluding hydrogens is 521 g/mol. The number of carbonyl (C=O) groups excluding carboxylic acids is 1. The number of halogens is 2. The number of Topliss-reactive ketones (excluding diaryl/α,β-unsaturated/α-hetero) is 1. The van der Waals surface area contributed by atoms with Gasteiger partial charge in [-0.15, -0.1) is 5.10 Å². The van der Waals surface area contributed by atoms with Gasteiger partial charge in [-0.3, -0.25) is 14.6 Å².